The van der Waals surface area contributed by atoms with E-state index in [1.54, 1.807) is 0 Å². The van der Waals surface area contributed by atoms with Crippen LogP contribution in [-0.4, -0.2) is 16.8 Å². The lowest BCUT2D eigenvalue weighted by Crippen LogP contribution is -2.09. The van der Waals surface area contributed by atoms with E-state index in [4.69, 9.17) is 0 Å². The Morgan fingerprint density at radius 1 is 1.31 bits per heavy atom. The van der Waals surface area contributed by atoms with Gasteiger partial charge in [0.25, 0.3) is 0 Å². The van der Waals surface area contributed by atoms with E-state index in [2.05, 4.69) is 47.7 Å². The molecule has 84 valence electrons. The van der Waals surface area contributed by atoms with Crippen LogP contribution in [-0.2, 0) is 13.6 Å². The third kappa shape index (κ3) is 2.14. The van der Waals surface area contributed by atoms with Gasteiger partial charge in [0.05, 0.1) is 11.4 Å². The van der Waals surface area contributed by atoms with Crippen LogP contribution in [0, 0.1) is 6.92 Å². The van der Waals surface area contributed by atoms with Crippen molar-refractivity contribution in [3.05, 3.63) is 41.6 Å². The summed E-state index contributed by atoms with van der Waals surface area (Å²) >= 11 is 0. The van der Waals surface area contributed by atoms with Crippen molar-refractivity contribution in [2.75, 3.05) is 7.05 Å². The summed E-state index contributed by atoms with van der Waals surface area (Å²) in [7, 11) is 3.92. The first kappa shape index (κ1) is 10.9. The Balaban J connectivity index is 2.37. The second-order valence-corrected chi connectivity index (χ2v) is 4.04. The number of hydrogen-bond donors (Lipinski definition) is 1. The van der Waals surface area contributed by atoms with Crippen LogP contribution in [0.2, 0.25) is 0 Å². The van der Waals surface area contributed by atoms with Crippen LogP contribution in [0.15, 0.2) is 30.3 Å². The SMILES string of the molecule is CNCc1cc(-c2cccc(C)c2)nn1C. The lowest BCUT2D eigenvalue weighted by molar-refractivity contribution is 0.673. The smallest absolute Gasteiger partial charge is 0.0926 e. The van der Waals surface area contributed by atoms with E-state index in [0.717, 1.165) is 12.2 Å². The zero-order chi connectivity index (χ0) is 11.5. The lowest BCUT2D eigenvalue weighted by atomic mass is 10.1. The summed E-state index contributed by atoms with van der Waals surface area (Å²) < 4.78 is 1.92. The number of hydrogen-bond acceptors (Lipinski definition) is 2. The van der Waals surface area contributed by atoms with Gasteiger partial charge in [0.1, 0.15) is 0 Å². The Kier molecular flexibility index (Phi) is 3.06. The van der Waals surface area contributed by atoms with Crippen LogP contribution in [0.3, 0.4) is 0 Å². The molecular formula is C13H17N3. The number of aryl methyl sites for hydroxylation is 2. The van der Waals surface area contributed by atoms with Gasteiger partial charge in [-0.3, -0.25) is 4.68 Å². The molecule has 1 heterocycles. The van der Waals surface area contributed by atoms with E-state index in [1.807, 2.05) is 18.8 Å². The molecule has 0 aliphatic rings. The zero-order valence-corrected chi connectivity index (χ0v) is 9.99. The number of aromatic nitrogens is 2. The Labute approximate surface area is 96.1 Å². The summed E-state index contributed by atoms with van der Waals surface area (Å²) in [5, 5.41) is 7.66. The minimum Gasteiger partial charge on any atom is -0.314 e. The minimum absolute atomic E-state index is 0.843. The second kappa shape index (κ2) is 4.49. The number of benzene rings is 1. The standard InChI is InChI=1S/C13H17N3/c1-10-5-4-6-11(7-10)13-8-12(9-14-2)16(3)15-13/h4-8,14H,9H2,1-3H3. The Morgan fingerprint density at radius 2 is 2.12 bits per heavy atom. The van der Waals surface area contributed by atoms with Gasteiger partial charge in [0.15, 0.2) is 0 Å². The molecule has 1 aromatic heterocycles. The molecule has 0 bridgehead atoms. The zero-order valence-electron chi connectivity index (χ0n) is 9.99. The van der Waals surface area contributed by atoms with E-state index in [0.29, 0.717) is 0 Å². The summed E-state index contributed by atoms with van der Waals surface area (Å²) in [5.41, 5.74) is 4.67. The molecule has 0 saturated heterocycles. The van der Waals surface area contributed by atoms with Gasteiger partial charge in [-0.25, -0.2) is 0 Å². The molecule has 3 nitrogen and oxygen atoms in total. The number of nitrogens with one attached hydrogen (secondary N) is 1. The van der Waals surface area contributed by atoms with Crippen molar-refractivity contribution in [1.29, 1.82) is 0 Å². The second-order valence-electron chi connectivity index (χ2n) is 4.04. The summed E-state index contributed by atoms with van der Waals surface area (Å²) in [5.74, 6) is 0. The largest absolute Gasteiger partial charge is 0.314 e. The van der Waals surface area contributed by atoms with Gasteiger partial charge in [-0.05, 0) is 26.1 Å². The molecule has 0 atom stereocenters. The fourth-order valence-corrected chi connectivity index (χ4v) is 1.80. The van der Waals surface area contributed by atoms with Crippen molar-refractivity contribution < 1.29 is 0 Å². The van der Waals surface area contributed by atoms with Crippen LogP contribution in [0.25, 0.3) is 11.3 Å². The van der Waals surface area contributed by atoms with Crippen molar-refractivity contribution in [1.82, 2.24) is 15.1 Å². The topological polar surface area (TPSA) is 29.9 Å². The highest BCUT2D eigenvalue weighted by atomic mass is 15.3. The van der Waals surface area contributed by atoms with Crippen LogP contribution in [0.5, 0.6) is 0 Å². The molecule has 0 amide bonds. The molecule has 0 radical (unpaired) electrons. The summed E-state index contributed by atoms with van der Waals surface area (Å²) in [6.45, 7) is 2.94. The van der Waals surface area contributed by atoms with Crippen LogP contribution < -0.4 is 5.32 Å². The highest BCUT2D eigenvalue weighted by molar-refractivity contribution is 5.60. The fourth-order valence-electron chi connectivity index (χ4n) is 1.80. The van der Waals surface area contributed by atoms with E-state index in [1.165, 1.54) is 16.8 Å². The molecule has 0 aliphatic carbocycles. The number of nitrogens with zero attached hydrogens (tertiary/aromatic N) is 2. The average molecular weight is 215 g/mol. The summed E-state index contributed by atoms with van der Waals surface area (Å²) in [6.07, 6.45) is 0. The maximum absolute atomic E-state index is 4.52. The van der Waals surface area contributed by atoms with Crippen molar-refractivity contribution in [2.45, 2.75) is 13.5 Å². The monoisotopic (exact) mass is 215 g/mol. The molecule has 1 N–H and O–H groups in total. The van der Waals surface area contributed by atoms with Crippen LogP contribution in [0.1, 0.15) is 11.3 Å². The van der Waals surface area contributed by atoms with Crippen molar-refractivity contribution in [3.63, 3.8) is 0 Å². The first-order valence-electron chi connectivity index (χ1n) is 5.45. The number of rotatable bonds is 3. The predicted molar refractivity (Wildman–Crippen MR) is 66.1 cm³/mol. The van der Waals surface area contributed by atoms with E-state index in [-0.39, 0.29) is 0 Å². The Hall–Kier alpha value is -1.61. The Morgan fingerprint density at radius 3 is 2.81 bits per heavy atom. The van der Waals surface area contributed by atoms with Gasteiger partial charge in [-0.2, -0.15) is 5.10 Å². The molecule has 0 fully saturated rings. The highest BCUT2D eigenvalue weighted by Crippen LogP contribution is 2.19. The molecule has 2 rings (SSSR count). The van der Waals surface area contributed by atoms with Crippen LogP contribution >= 0.6 is 0 Å². The maximum atomic E-state index is 4.52. The van der Waals surface area contributed by atoms with E-state index in [9.17, 15) is 0 Å². The molecule has 1 aromatic carbocycles. The van der Waals surface area contributed by atoms with Crippen molar-refractivity contribution in [2.24, 2.45) is 7.05 Å². The molecule has 3 heteroatoms. The average Bonchev–Trinajstić information content (AvgIpc) is 2.61. The van der Waals surface area contributed by atoms with Gasteiger partial charge in [0, 0.05) is 19.2 Å². The van der Waals surface area contributed by atoms with Gasteiger partial charge in [-0.15, -0.1) is 0 Å². The van der Waals surface area contributed by atoms with E-state index < -0.39 is 0 Å². The van der Waals surface area contributed by atoms with Crippen molar-refractivity contribution in [3.8, 4) is 11.3 Å². The lowest BCUT2D eigenvalue weighted by Gasteiger charge is -1.97. The third-order valence-electron chi connectivity index (χ3n) is 2.65. The van der Waals surface area contributed by atoms with Crippen LogP contribution in [0.4, 0.5) is 0 Å². The fraction of sp³-hybridized carbons (Fsp3) is 0.308. The van der Waals surface area contributed by atoms with Gasteiger partial charge >= 0.3 is 0 Å². The third-order valence-corrected chi connectivity index (χ3v) is 2.65. The first-order chi connectivity index (χ1) is 7.70. The molecule has 16 heavy (non-hydrogen) atoms. The van der Waals surface area contributed by atoms with Gasteiger partial charge < -0.3 is 5.32 Å². The highest BCUT2D eigenvalue weighted by Gasteiger charge is 2.06. The summed E-state index contributed by atoms with van der Waals surface area (Å²) in [6, 6.07) is 10.5. The molecule has 2 aromatic rings. The molecular weight excluding hydrogens is 198 g/mol. The maximum Gasteiger partial charge on any atom is 0.0926 e. The normalized spacial score (nSPS) is 10.7. The van der Waals surface area contributed by atoms with Gasteiger partial charge in [0.2, 0.25) is 0 Å². The first-order valence-corrected chi connectivity index (χ1v) is 5.45. The molecule has 0 aliphatic heterocycles. The summed E-state index contributed by atoms with van der Waals surface area (Å²) in [4.78, 5) is 0. The van der Waals surface area contributed by atoms with Crippen molar-refractivity contribution >= 4 is 0 Å². The predicted octanol–water partition coefficient (Wildman–Crippen LogP) is 2.11. The quantitative estimate of drug-likeness (QED) is 0.850. The minimum atomic E-state index is 0.843. The molecule has 0 unspecified atom stereocenters. The van der Waals surface area contributed by atoms with E-state index >= 15 is 0 Å². The van der Waals surface area contributed by atoms with Gasteiger partial charge in [-0.1, -0.05) is 23.8 Å². The molecule has 0 saturated carbocycles. The Bertz CT molecular complexity index is 486. The molecule has 0 spiro atoms.